The summed E-state index contributed by atoms with van der Waals surface area (Å²) in [6, 6.07) is 5.60. The zero-order chi connectivity index (χ0) is 18.8. The molecule has 2 aliphatic rings. The van der Waals surface area contributed by atoms with E-state index in [0.29, 0.717) is 37.4 Å². The Kier molecular flexibility index (Phi) is 5.15. The van der Waals surface area contributed by atoms with Crippen LogP contribution in [0.15, 0.2) is 18.2 Å². The van der Waals surface area contributed by atoms with Crippen LogP contribution in [0.3, 0.4) is 0 Å². The molecule has 7 heteroatoms. The maximum absolute atomic E-state index is 12.8. The first-order valence-electron chi connectivity index (χ1n) is 8.87. The normalized spacial score (nSPS) is 23.2. The molecule has 1 aromatic rings. The van der Waals surface area contributed by atoms with Gasteiger partial charge in [0.15, 0.2) is 0 Å². The molecule has 7 nitrogen and oxygen atoms in total. The highest BCUT2D eigenvalue weighted by Gasteiger charge is 2.39. The Labute approximate surface area is 152 Å². The number of anilines is 1. The minimum atomic E-state index is -0.865. The number of carbonyl (C=O) groups is 3. The Bertz CT molecular complexity index is 733. The van der Waals surface area contributed by atoms with Crippen molar-refractivity contribution in [3.63, 3.8) is 0 Å². The van der Waals surface area contributed by atoms with Crippen molar-refractivity contribution in [3.05, 3.63) is 23.8 Å². The average Bonchev–Trinajstić information content (AvgIpc) is 3.02. The van der Waals surface area contributed by atoms with E-state index in [1.54, 1.807) is 16.9 Å². The van der Waals surface area contributed by atoms with Crippen LogP contribution in [0.5, 0.6) is 5.75 Å². The number of aliphatic carboxylic acids is 1. The minimum Gasteiger partial charge on any atom is -0.495 e. The van der Waals surface area contributed by atoms with Crippen LogP contribution in [0.4, 0.5) is 5.69 Å². The number of nitrogens with zero attached hydrogens (tertiary/aromatic N) is 2. The Morgan fingerprint density at radius 3 is 2.69 bits per heavy atom. The van der Waals surface area contributed by atoms with Gasteiger partial charge in [-0.05, 0) is 37.5 Å². The van der Waals surface area contributed by atoms with Crippen LogP contribution in [0.1, 0.15) is 24.8 Å². The van der Waals surface area contributed by atoms with Crippen molar-refractivity contribution in [2.45, 2.75) is 26.2 Å². The second-order valence-corrected chi connectivity index (χ2v) is 7.04. The van der Waals surface area contributed by atoms with E-state index in [-0.39, 0.29) is 24.8 Å². The second kappa shape index (κ2) is 7.35. The predicted octanol–water partition coefficient (Wildman–Crippen LogP) is 1.68. The Balaban J connectivity index is 1.74. The zero-order valence-electron chi connectivity index (χ0n) is 15.1. The molecule has 0 aromatic heterocycles. The van der Waals surface area contributed by atoms with E-state index in [1.807, 2.05) is 25.1 Å². The Morgan fingerprint density at radius 1 is 1.23 bits per heavy atom. The molecule has 140 valence electrons. The third-order valence-electron chi connectivity index (χ3n) is 5.18. The second-order valence-electron chi connectivity index (χ2n) is 7.04. The summed E-state index contributed by atoms with van der Waals surface area (Å²) >= 11 is 0. The fourth-order valence-corrected chi connectivity index (χ4v) is 3.75. The summed E-state index contributed by atoms with van der Waals surface area (Å²) in [5.41, 5.74) is 1.68. The summed E-state index contributed by atoms with van der Waals surface area (Å²) in [5.74, 6) is -1.47. The number of piperidine rings is 1. The van der Waals surface area contributed by atoms with Gasteiger partial charge in [0.1, 0.15) is 5.75 Å². The fourth-order valence-electron chi connectivity index (χ4n) is 3.75. The van der Waals surface area contributed by atoms with E-state index in [1.165, 1.54) is 0 Å². The quantitative estimate of drug-likeness (QED) is 0.883. The number of hydrogen-bond acceptors (Lipinski definition) is 4. The smallest absolute Gasteiger partial charge is 0.308 e. The average molecular weight is 360 g/mol. The first-order valence-corrected chi connectivity index (χ1v) is 8.87. The summed E-state index contributed by atoms with van der Waals surface area (Å²) in [5, 5.41) is 9.21. The summed E-state index contributed by atoms with van der Waals surface area (Å²) in [7, 11) is 1.55. The van der Waals surface area contributed by atoms with Crippen molar-refractivity contribution in [2.24, 2.45) is 11.8 Å². The number of benzene rings is 1. The van der Waals surface area contributed by atoms with Crippen LogP contribution >= 0.6 is 0 Å². The lowest BCUT2D eigenvalue weighted by atomic mass is 9.96. The maximum Gasteiger partial charge on any atom is 0.308 e. The van der Waals surface area contributed by atoms with E-state index in [0.717, 1.165) is 5.56 Å². The molecule has 2 aliphatic heterocycles. The molecule has 2 amide bonds. The van der Waals surface area contributed by atoms with Crippen molar-refractivity contribution in [1.82, 2.24) is 4.90 Å². The molecule has 0 saturated carbocycles. The van der Waals surface area contributed by atoms with Crippen molar-refractivity contribution in [2.75, 3.05) is 31.6 Å². The standard InChI is InChI=1S/C19H24N2O5/c1-12-5-6-16(26-2)15(8-12)21-11-14(9-17(21)22)18(23)20-7-3-4-13(10-20)19(24)25/h5-6,8,13-14H,3-4,7,9-11H2,1-2H3,(H,24,25)/t13-,14+/m1/s1. The van der Waals surface area contributed by atoms with Crippen molar-refractivity contribution in [1.29, 1.82) is 0 Å². The molecule has 2 fully saturated rings. The van der Waals surface area contributed by atoms with Gasteiger partial charge in [-0.3, -0.25) is 14.4 Å². The number of carboxylic acid groups (broad SMARTS) is 1. The van der Waals surface area contributed by atoms with E-state index in [4.69, 9.17) is 4.74 Å². The van der Waals surface area contributed by atoms with E-state index >= 15 is 0 Å². The number of methoxy groups -OCH3 is 1. The number of rotatable bonds is 4. The Hall–Kier alpha value is -2.57. The largest absolute Gasteiger partial charge is 0.495 e. The van der Waals surface area contributed by atoms with Crippen LogP contribution in [0, 0.1) is 18.8 Å². The van der Waals surface area contributed by atoms with Crippen molar-refractivity contribution >= 4 is 23.5 Å². The SMILES string of the molecule is COc1ccc(C)cc1N1C[C@@H](C(=O)N2CCC[C@@H](C(=O)O)C2)CC1=O. The van der Waals surface area contributed by atoms with Crippen LogP contribution in [-0.4, -0.2) is 54.5 Å². The molecular weight excluding hydrogens is 336 g/mol. The molecule has 0 bridgehead atoms. The summed E-state index contributed by atoms with van der Waals surface area (Å²) in [6.45, 7) is 3.02. The molecule has 0 spiro atoms. The highest BCUT2D eigenvalue weighted by atomic mass is 16.5. The number of hydrogen-bond donors (Lipinski definition) is 1. The molecule has 2 atom stereocenters. The van der Waals surface area contributed by atoms with Crippen LogP contribution < -0.4 is 9.64 Å². The summed E-state index contributed by atoms with van der Waals surface area (Å²) in [4.78, 5) is 39.8. The lowest BCUT2D eigenvalue weighted by Crippen LogP contribution is -2.45. The molecule has 2 heterocycles. The van der Waals surface area contributed by atoms with Crippen LogP contribution in [0.25, 0.3) is 0 Å². The minimum absolute atomic E-state index is 0.112. The highest BCUT2D eigenvalue weighted by molar-refractivity contribution is 6.01. The van der Waals surface area contributed by atoms with Gasteiger partial charge in [-0.15, -0.1) is 0 Å². The topological polar surface area (TPSA) is 87.2 Å². The summed E-state index contributed by atoms with van der Waals surface area (Å²) in [6.07, 6.45) is 1.41. The molecule has 1 aromatic carbocycles. The van der Waals surface area contributed by atoms with Gasteiger partial charge in [0.05, 0.1) is 24.6 Å². The number of ether oxygens (including phenoxy) is 1. The zero-order valence-corrected chi connectivity index (χ0v) is 15.1. The number of amides is 2. The summed E-state index contributed by atoms with van der Waals surface area (Å²) < 4.78 is 5.36. The van der Waals surface area contributed by atoms with Crippen molar-refractivity contribution < 1.29 is 24.2 Å². The fraction of sp³-hybridized carbons (Fsp3) is 0.526. The molecule has 26 heavy (non-hydrogen) atoms. The van der Waals surface area contributed by atoms with Gasteiger partial charge in [0.2, 0.25) is 11.8 Å². The van der Waals surface area contributed by atoms with Gasteiger partial charge in [-0.2, -0.15) is 0 Å². The molecule has 0 aliphatic carbocycles. The first-order chi connectivity index (χ1) is 12.4. The highest BCUT2D eigenvalue weighted by Crippen LogP contribution is 2.34. The predicted molar refractivity (Wildman–Crippen MR) is 95.1 cm³/mol. The number of likely N-dealkylation sites (tertiary alicyclic amines) is 1. The molecule has 0 radical (unpaired) electrons. The van der Waals surface area contributed by atoms with E-state index < -0.39 is 17.8 Å². The number of aryl methyl sites for hydroxylation is 1. The van der Waals surface area contributed by atoms with Gasteiger partial charge >= 0.3 is 5.97 Å². The van der Waals surface area contributed by atoms with Gasteiger partial charge < -0.3 is 19.6 Å². The number of carbonyl (C=O) groups excluding carboxylic acids is 2. The van der Waals surface area contributed by atoms with Gasteiger partial charge in [-0.25, -0.2) is 0 Å². The number of carboxylic acids is 1. The molecule has 0 unspecified atom stereocenters. The lowest BCUT2D eigenvalue weighted by Gasteiger charge is -2.32. The molecule has 3 rings (SSSR count). The van der Waals surface area contributed by atoms with E-state index in [2.05, 4.69) is 0 Å². The van der Waals surface area contributed by atoms with Crippen LogP contribution in [-0.2, 0) is 14.4 Å². The van der Waals surface area contributed by atoms with Gasteiger partial charge in [0.25, 0.3) is 0 Å². The van der Waals surface area contributed by atoms with Crippen LogP contribution in [0.2, 0.25) is 0 Å². The maximum atomic E-state index is 12.8. The van der Waals surface area contributed by atoms with E-state index in [9.17, 15) is 19.5 Å². The third-order valence-corrected chi connectivity index (χ3v) is 5.18. The first kappa shape index (κ1) is 18.2. The van der Waals surface area contributed by atoms with Crippen molar-refractivity contribution in [3.8, 4) is 5.75 Å². The molecular formula is C19H24N2O5. The Morgan fingerprint density at radius 2 is 2.00 bits per heavy atom. The van der Waals surface area contributed by atoms with Gasteiger partial charge in [0, 0.05) is 26.1 Å². The van der Waals surface area contributed by atoms with Gasteiger partial charge in [-0.1, -0.05) is 6.07 Å². The molecule has 1 N–H and O–H groups in total. The lowest BCUT2D eigenvalue weighted by molar-refractivity contribution is -0.146. The molecule has 2 saturated heterocycles. The third kappa shape index (κ3) is 3.52. The monoisotopic (exact) mass is 360 g/mol.